The number of hydrogen-bond donors (Lipinski definition) is 1. The fourth-order valence-corrected chi connectivity index (χ4v) is 3.49. The normalized spacial score (nSPS) is 11.9. The van der Waals surface area contributed by atoms with Gasteiger partial charge in [0.05, 0.1) is 6.61 Å². The Labute approximate surface area is 153 Å². The molecule has 0 aliphatic rings. The first-order valence-electron chi connectivity index (χ1n) is 9.25. The Morgan fingerprint density at radius 2 is 1.56 bits per heavy atom. The van der Waals surface area contributed by atoms with Gasteiger partial charge in [-0.1, -0.05) is 27.7 Å². The van der Waals surface area contributed by atoms with Crippen molar-refractivity contribution in [3.05, 3.63) is 23.3 Å². The van der Waals surface area contributed by atoms with E-state index in [-0.39, 0.29) is 5.91 Å². The highest BCUT2D eigenvalue weighted by atomic mass is 16.5. The minimum atomic E-state index is -0.803. The van der Waals surface area contributed by atoms with Crippen LogP contribution in [-0.4, -0.2) is 25.2 Å². The van der Waals surface area contributed by atoms with E-state index in [9.17, 15) is 4.79 Å². The monoisotopic (exact) mass is 349 g/mol. The van der Waals surface area contributed by atoms with E-state index in [1.165, 1.54) is 0 Å². The molecule has 0 aromatic heterocycles. The molecule has 1 aromatic carbocycles. The molecule has 1 rings (SSSR count). The lowest BCUT2D eigenvalue weighted by Gasteiger charge is -2.34. The van der Waals surface area contributed by atoms with E-state index < -0.39 is 5.60 Å². The van der Waals surface area contributed by atoms with Crippen LogP contribution in [0.3, 0.4) is 0 Å². The van der Waals surface area contributed by atoms with Crippen LogP contribution in [0, 0.1) is 25.7 Å². The molecule has 4 heteroatoms. The zero-order valence-electron chi connectivity index (χ0n) is 17.2. The molecule has 0 radical (unpaired) electrons. The predicted octanol–water partition coefficient (Wildman–Crippen LogP) is 5.12. The van der Waals surface area contributed by atoms with Crippen LogP contribution in [0.2, 0.25) is 0 Å². The van der Waals surface area contributed by atoms with Gasteiger partial charge in [-0.25, -0.2) is 0 Å². The molecule has 0 spiro atoms. The summed E-state index contributed by atoms with van der Waals surface area (Å²) in [6.45, 7) is 15.1. The fourth-order valence-electron chi connectivity index (χ4n) is 3.49. The Kier molecular flexibility index (Phi) is 7.94. The van der Waals surface area contributed by atoms with Crippen molar-refractivity contribution in [1.29, 1.82) is 0 Å². The zero-order chi connectivity index (χ0) is 19.2. The lowest BCUT2D eigenvalue weighted by atomic mass is 9.84. The van der Waals surface area contributed by atoms with Gasteiger partial charge < -0.3 is 14.8 Å². The van der Waals surface area contributed by atoms with Crippen molar-refractivity contribution in [3.8, 4) is 5.75 Å². The molecule has 0 aliphatic heterocycles. The van der Waals surface area contributed by atoms with Crippen LogP contribution in [0.15, 0.2) is 12.1 Å². The third kappa shape index (κ3) is 5.74. The first-order valence-corrected chi connectivity index (χ1v) is 9.25. The highest BCUT2D eigenvalue weighted by molar-refractivity contribution is 5.97. The Morgan fingerprint density at radius 1 is 1.08 bits per heavy atom. The summed E-state index contributed by atoms with van der Waals surface area (Å²) in [6, 6.07) is 3.92. The van der Waals surface area contributed by atoms with E-state index >= 15 is 0 Å². The zero-order valence-corrected chi connectivity index (χ0v) is 17.2. The molecule has 0 fully saturated rings. The minimum absolute atomic E-state index is 0.0691. The summed E-state index contributed by atoms with van der Waals surface area (Å²) >= 11 is 0. The van der Waals surface area contributed by atoms with Crippen LogP contribution in [0.1, 0.15) is 58.6 Å². The standard InChI is InChI=1S/C21H35NO3/c1-9-25-19-16(6)10-18(11-17(19)7)22-20(23)21(24-8,12-14(2)3)13-15(4)5/h10-11,14-15H,9,12-13H2,1-8H3,(H,22,23). The molecule has 0 saturated heterocycles. The lowest BCUT2D eigenvalue weighted by Crippen LogP contribution is -2.47. The molecule has 1 aromatic rings. The summed E-state index contributed by atoms with van der Waals surface area (Å²) in [6.07, 6.45) is 1.39. The summed E-state index contributed by atoms with van der Waals surface area (Å²) < 4.78 is 11.5. The average Bonchev–Trinajstić information content (AvgIpc) is 2.49. The number of ether oxygens (including phenoxy) is 2. The number of carbonyl (C=O) groups excluding carboxylic acids is 1. The van der Waals surface area contributed by atoms with E-state index in [0.29, 0.717) is 31.3 Å². The number of nitrogens with one attached hydrogen (secondary N) is 1. The van der Waals surface area contributed by atoms with Crippen LogP contribution in [0.25, 0.3) is 0 Å². The Bertz CT molecular complexity index is 545. The van der Waals surface area contributed by atoms with Crippen molar-refractivity contribution in [2.75, 3.05) is 19.0 Å². The molecule has 142 valence electrons. The first kappa shape index (κ1) is 21.5. The smallest absolute Gasteiger partial charge is 0.256 e. The average molecular weight is 350 g/mol. The second-order valence-corrected chi connectivity index (χ2v) is 7.72. The van der Waals surface area contributed by atoms with Crippen LogP contribution in [0.5, 0.6) is 5.75 Å². The van der Waals surface area contributed by atoms with Crippen LogP contribution >= 0.6 is 0 Å². The number of hydrogen-bond acceptors (Lipinski definition) is 3. The van der Waals surface area contributed by atoms with E-state index in [1.54, 1.807) is 7.11 Å². The fraction of sp³-hybridized carbons (Fsp3) is 0.667. The van der Waals surface area contributed by atoms with Crippen molar-refractivity contribution in [2.45, 2.75) is 66.9 Å². The number of carbonyl (C=O) groups is 1. The van der Waals surface area contributed by atoms with Crippen molar-refractivity contribution in [3.63, 3.8) is 0 Å². The van der Waals surface area contributed by atoms with E-state index in [4.69, 9.17) is 9.47 Å². The van der Waals surface area contributed by atoms with Gasteiger partial charge in [-0.2, -0.15) is 0 Å². The largest absolute Gasteiger partial charge is 0.493 e. The Balaban J connectivity index is 3.11. The van der Waals surface area contributed by atoms with E-state index in [0.717, 1.165) is 22.6 Å². The van der Waals surface area contributed by atoms with Crippen LogP contribution in [-0.2, 0) is 9.53 Å². The summed E-state index contributed by atoms with van der Waals surface area (Å²) in [5.74, 6) is 1.56. The van der Waals surface area contributed by atoms with Gasteiger partial charge in [-0.15, -0.1) is 0 Å². The van der Waals surface area contributed by atoms with Crippen molar-refractivity contribution < 1.29 is 14.3 Å². The number of methoxy groups -OCH3 is 1. The molecule has 25 heavy (non-hydrogen) atoms. The highest BCUT2D eigenvalue weighted by Gasteiger charge is 2.39. The van der Waals surface area contributed by atoms with Crippen molar-refractivity contribution in [1.82, 2.24) is 0 Å². The maximum absolute atomic E-state index is 13.1. The number of rotatable bonds is 9. The SMILES string of the molecule is CCOc1c(C)cc(NC(=O)C(CC(C)C)(CC(C)C)OC)cc1C. The highest BCUT2D eigenvalue weighted by Crippen LogP contribution is 2.32. The van der Waals surface area contributed by atoms with Crippen LogP contribution in [0.4, 0.5) is 5.69 Å². The molecular formula is C21H35NO3. The maximum atomic E-state index is 13.1. The summed E-state index contributed by atoms with van der Waals surface area (Å²) in [7, 11) is 1.64. The van der Waals surface area contributed by atoms with Crippen molar-refractivity contribution >= 4 is 11.6 Å². The Morgan fingerprint density at radius 3 is 1.92 bits per heavy atom. The van der Waals surface area contributed by atoms with E-state index in [1.807, 2.05) is 32.9 Å². The third-order valence-electron chi connectivity index (χ3n) is 4.29. The van der Waals surface area contributed by atoms with Gasteiger partial charge in [0.1, 0.15) is 11.4 Å². The quantitative estimate of drug-likeness (QED) is 0.673. The third-order valence-corrected chi connectivity index (χ3v) is 4.29. The minimum Gasteiger partial charge on any atom is -0.493 e. The number of benzene rings is 1. The van der Waals surface area contributed by atoms with Gasteiger partial charge in [0.25, 0.3) is 5.91 Å². The maximum Gasteiger partial charge on any atom is 0.256 e. The summed E-state index contributed by atoms with van der Waals surface area (Å²) in [5.41, 5.74) is 2.03. The molecule has 0 unspecified atom stereocenters. The molecule has 0 aliphatic carbocycles. The summed E-state index contributed by atoms with van der Waals surface area (Å²) in [4.78, 5) is 13.1. The molecule has 0 saturated carbocycles. The lowest BCUT2D eigenvalue weighted by molar-refractivity contribution is -0.142. The number of anilines is 1. The first-order chi connectivity index (χ1) is 11.6. The number of amides is 1. The summed E-state index contributed by atoms with van der Waals surface area (Å²) in [5, 5.41) is 3.08. The van der Waals surface area contributed by atoms with Gasteiger partial charge in [-0.05, 0) is 68.7 Å². The van der Waals surface area contributed by atoms with Gasteiger partial charge >= 0.3 is 0 Å². The second-order valence-electron chi connectivity index (χ2n) is 7.72. The molecule has 1 N–H and O–H groups in total. The van der Waals surface area contributed by atoms with Gasteiger partial charge in [0.2, 0.25) is 0 Å². The van der Waals surface area contributed by atoms with Gasteiger partial charge in [0, 0.05) is 12.8 Å². The van der Waals surface area contributed by atoms with Gasteiger partial charge in [-0.3, -0.25) is 4.79 Å². The molecule has 0 bridgehead atoms. The molecule has 1 amide bonds. The predicted molar refractivity (Wildman–Crippen MR) is 104 cm³/mol. The number of aryl methyl sites for hydroxylation is 2. The van der Waals surface area contributed by atoms with Crippen molar-refractivity contribution in [2.24, 2.45) is 11.8 Å². The molecule has 4 nitrogen and oxygen atoms in total. The van der Waals surface area contributed by atoms with E-state index in [2.05, 4.69) is 33.0 Å². The second kappa shape index (κ2) is 9.23. The molecule has 0 heterocycles. The van der Waals surface area contributed by atoms with Gasteiger partial charge in [0.15, 0.2) is 0 Å². The topological polar surface area (TPSA) is 47.6 Å². The van der Waals surface area contributed by atoms with Crippen LogP contribution < -0.4 is 10.1 Å². The molecular weight excluding hydrogens is 314 g/mol. The molecule has 0 atom stereocenters. The Hall–Kier alpha value is -1.55.